The Bertz CT molecular complexity index is 721. The molecule has 0 aliphatic rings. The van der Waals surface area contributed by atoms with Gasteiger partial charge in [0.15, 0.2) is 11.0 Å². The van der Waals surface area contributed by atoms with Crippen LogP contribution in [-0.2, 0) is 16.7 Å². The molecule has 0 aliphatic heterocycles. The van der Waals surface area contributed by atoms with Crippen molar-refractivity contribution in [1.29, 1.82) is 0 Å². The molecule has 4 nitrogen and oxygen atoms in total. The van der Waals surface area contributed by atoms with E-state index < -0.39 is 12.8 Å². The van der Waals surface area contributed by atoms with Crippen molar-refractivity contribution in [1.82, 2.24) is 14.8 Å². The summed E-state index contributed by atoms with van der Waals surface area (Å²) in [7, 11) is 0. The molecule has 0 amide bonds. The molecule has 150 valence electrons. The lowest BCUT2D eigenvalue weighted by Gasteiger charge is -2.19. The van der Waals surface area contributed by atoms with Crippen molar-refractivity contribution in [2.24, 2.45) is 0 Å². The van der Waals surface area contributed by atoms with Crippen molar-refractivity contribution >= 4 is 11.8 Å². The number of hydrogen-bond acceptors (Lipinski definition) is 4. The summed E-state index contributed by atoms with van der Waals surface area (Å²) in [5, 5.41) is 9.32. The first-order valence-corrected chi connectivity index (χ1v) is 9.92. The highest BCUT2D eigenvalue weighted by molar-refractivity contribution is 7.99. The van der Waals surface area contributed by atoms with Gasteiger partial charge in [0.25, 0.3) is 0 Å². The number of aromatic nitrogens is 3. The van der Waals surface area contributed by atoms with Crippen LogP contribution in [0, 0.1) is 0 Å². The maximum atomic E-state index is 12.0. The molecule has 27 heavy (non-hydrogen) atoms. The second-order valence-corrected chi connectivity index (χ2v) is 8.31. The van der Waals surface area contributed by atoms with Crippen LogP contribution >= 0.6 is 11.8 Å². The molecule has 0 unspecified atom stereocenters. The van der Waals surface area contributed by atoms with Crippen molar-refractivity contribution in [3.8, 4) is 11.4 Å². The number of nitrogens with zero attached hydrogens (tertiary/aromatic N) is 3. The van der Waals surface area contributed by atoms with Crippen LogP contribution in [0.3, 0.4) is 0 Å². The molecular formula is C19H26F3N3OS. The van der Waals surface area contributed by atoms with E-state index in [1.807, 2.05) is 11.5 Å². The van der Waals surface area contributed by atoms with Gasteiger partial charge in [0.05, 0.1) is 0 Å². The van der Waals surface area contributed by atoms with E-state index in [1.165, 1.54) is 17.3 Å². The molecule has 0 fully saturated rings. The van der Waals surface area contributed by atoms with Crippen molar-refractivity contribution < 1.29 is 17.9 Å². The number of benzene rings is 1. The largest absolute Gasteiger partial charge is 0.411 e. The average molecular weight is 401 g/mol. The third-order valence-electron chi connectivity index (χ3n) is 3.97. The van der Waals surface area contributed by atoms with Gasteiger partial charge in [-0.05, 0) is 24.3 Å². The molecule has 0 N–H and O–H groups in total. The van der Waals surface area contributed by atoms with Gasteiger partial charge in [-0.1, -0.05) is 56.8 Å². The van der Waals surface area contributed by atoms with Gasteiger partial charge in [0.1, 0.15) is 6.61 Å². The van der Waals surface area contributed by atoms with E-state index in [0.717, 1.165) is 23.1 Å². The Hall–Kier alpha value is -1.54. The standard InChI is InChI=1S/C19H26F3N3OS/c1-5-25-16(14-7-9-15(10-8-14)18(2,3)4)23-24-17(25)27-12-6-11-26-13-19(20,21)22/h7-10H,5-6,11-13H2,1-4H3. The van der Waals surface area contributed by atoms with E-state index in [2.05, 4.69) is 60.0 Å². The predicted octanol–water partition coefficient (Wildman–Crippen LogP) is 5.32. The molecule has 0 atom stereocenters. The van der Waals surface area contributed by atoms with Gasteiger partial charge in [-0.2, -0.15) is 13.2 Å². The molecule has 0 aliphatic carbocycles. The topological polar surface area (TPSA) is 39.9 Å². The molecule has 0 bridgehead atoms. The number of thioether (sulfide) groups is 1. The summed E-state index contributed by atoms with van der Waals surface area (Å²) in [5.41, 5.74) is 2.34. The van der Waals surface area contributed by atoms with E-state index in [1.54, 1.807) is 0 Å². The average Bonchev–Trinajstić information content (AvgIpc) is 2.99. The fourth-order valence-electron chi connectivity index (χ4n) is 2.53. The SMILES string of the molecule is CCn1c(SCCCOCC(F)(F)F)nnc1-c1ccc(C(C)(C)C)cc1. The molecule has 1 heterocycles. The third-order valence-corrected chi connectivity index (χ3v) is 5.03. The van der Waals surface area contributed by atoms with Crippen LogP contribution in [0.1, 0.15) is 39.7 Å². The van der Waals surface area contributed by atoms with Crippen LogP contribution in [0.5, 0.6) is 0 Å². The predicted molar refractivity (Wildman–Crippen MR) is 102 cm³/mol. The lowest BCUT2D eigenvalue weighted by molar-refractivity contribution is -0.173. The summed E-state index contributed by atoms with van der Waals surface area (Å²) in [6, 6.07) is 8.32. The Morgan fingerprint density at radius 1 is 1.07 bits per heavy atom. The lowest BCUT2D eigenvalue weighted by atomic mass is 9.87. The Kier molecular flexibility index (Phi) is 7.33. The van der Waals surface area contributed by atoms with E-state index >= 15 is 0 Å². The van der Waals surface area contributed by atoms with E-state index in [4.69, 9.17) is 0 Å². The molecular weight excluding hydrogens is 375 g/mol. The Labute approximate surface area is 162 Å². The van der Waals surface area contributed by atoms with Gasteiger partial charge < -0.3 is 9.30 Å². The van der Waals surface area contributed by atoms with Crippen LogP contribution < -0.4 is 0 Å². The normalized spacial score (nSPS) is 12.6. The van der Waals surface area contributed by atoms with Gasteiger partial charge in [-0.15, -0.1) is 10.2 Å². The zero-order valence-corrected chi connectivity index (χ0v) is 17.0. The summed E-state index contributed by atoms with van der Waals surface area (Å²) < 4.78 is 42.7. The van der Waals surface area contributed by atoms with Crippen LogP contribution in [-0.4, -0.2) is 39.9 Å². The third kappa shape index (κ3) is 6.53. The van der Waals surface area contributed by atoms with Gasteiger partial charge in [-0.25, -0.2) is 0 Å². The second-order valence-electron chi connectivity index (χ2n) is 7.25. The van der Waals surface area contributed by atoms with Crippen molar-refractivity contribution in [2.75, 3.05) is 19.0 Å². The monoisotopic (exact) mass is 401 g/mol. The summed E-state index contributed by atoms with van der Waals surface area (Å²) >= 11 is 1.48. The Morgan fingerprint density at radius 2 is 1.74 bits per heavy atom. The zero-order chi connectivity index (χ0) is 20.1. The number of rotatable bonds is 8. The van der Waals surface area contributed by atoms with E-state index in [0.29, 0.717) is 12.2 Å². The maximum Gasteiger partial charge on any atom is 0.411 e. The van der Waals surface area contributed by atoms with Gasteiger partial charge >= 0.3 is 6.18 Å². The highest BCUT2D eigenvalue weighted by Gasteiger charge is 2.27. The summed E-state index contributed by atoms with van der Waals surface area (Å²) in [4.78, 5) is 0. The summed E-state index contributed by atoms with van der Waals surface area (Å²) in [5.74, 6) is 1.42. The van der Waals surface area contributed by atoms with Crippen molar-refractivity contribution in [3.05, 3.63) is 29.8 Å². The first-order valence-electron chi connectivity index (χ1n) is 8.93. The smallest absolute Gasteiger partial charge is 0.372 e. The Balaban J connectivity index is 1.96. The molecule has 0 radical (unpaired) electrons. The van der Waals surface area contributed by atoms with Gasteiger partial charge in [-0.3, -0.25) is 0 Å². The van der Waals surface area contributed by atoms with Crippen LogP contribution in [0.15, 0.2) is 29.4 Å². The first kappa shape index (κ1) is 21.8. The fraction of sp³-hybridized carbons (Fsp3) is 0.579. The Morgan fingerprint density at radius 3 is 2.30 bits per heavy atom. The molecule has 2 aromatic rings. The van der Waals surface area contributed by atoms with E-state index in [9.17, 15) is 13.2 Å². The summed E-state index contributed by atoms with van der Waals surface area (Å²) in [6.45, 7) is 8.13. The van der Waals surface area contributed by atoms with Crippen LogP contribution in [0.4, 0.5) is 13.2 Å². The molecule has 8 heteroatoms. The highest BCUT2D eigenvalue weighted by Crippen LogP contribution is 2.28. The van der Waals surface area contributed by atoms with Crippen molar-refractivity contribution in [2.45, 2.75) is 57.4 Å². The van der Waals surface area contributed by atoms with Gasteiger partial charge in [0.2, 0.25) is 0 Å². The van der Waals surface area contributed by atoms with Crippen LogP contribution in [0.25, 0.3) is 11.4 Å². The molecule has 1 aromatic carbocycles. The zero-order valence-electron chi connectivity index (χ0n) is 16.1. The van der Waals surface area contributed by atoms with E-state index in [-0.39, 0.29) is 12.0 Å². The second kappa shape index (κ2) is 9.10. The maximum absolute atomic E-state index is 12.0. The number of alkyl halides is 3. The minimum Gasteiger partial charge on any atom is -0.372 e. The molecule has 1 aromatic heterocycles. The quantitative estimate of drug-likeness (QED) is 0.443. The molecule has 2 rings (SSSR count). The van der Waals surface area contributed by atoms with Crippen LogP contribution in [0.2, 0.25) is 0 Å². The minimum atomic E-state index is -4.27. The highest BCUT2D eigenvalue weighted by atomic mass is 32.2. The number of hydrogen-bond donors (Lipinski definition) is 0. The van der Waals surface area contributed by atoms with Crippen molar-refractivity contribution in [3.63, 3.8) is 0 Å². The lowest BCUT2D eigenvalue weighted by Crippen LogP contribution is -2.17. The first-order chi connectivity index (χ1) is 12.6. The number of ether oxygens (including phenoxy) is 1. The summed E-state index contributed by atoms with van der Waals surface area (Å²) in [6.07, 6.45) is -3.75. The van der Waals surface area contributed by atoms with Gasteiger partial charge in [0, 0.05) is 24.5 Å². The minimum absolute atomic E-state index is 0.0773. The molecule has 0 spiro atoms. The number of halogens is 3. The molecule has 0 saturated heterocycles. The fourth-order valence-corrected chi connectivity index (χ4v) is 3.44. The molecule has 0 saturated carbocycles.